The Morgan fingerprint density at radius 3 is 2.88 bits per heavy atom. The average molecular weight is 374 g/mol. The van der Waals surface area contributed by atoms with Crippen molar-refractivity contribution < 1.29 is 13.2 Å². The number of sulfonamides is 1. The zero-order valence-corrected chi connectivity index (χ0v) is 15.2. The first-order valence-electron chi connectivity index (χ1n) is 8.16. The van der Waals surface area contributed by atoms with Gasteiger partial charge in [0, 0.05) is 18.7 Å². The molecule has 8 heteroatoms. The zero-order chi connectivity index (χ0) is 16.3. The molecule has 2 saturated heterocycles. The number of carbonyl (C=O) groups is 1. The van der Waals surface area contributed by atoms with Crippen LogP contribution in [0.4, 0.5) is 5.69 Å². The van der Waals surface area contributed by atoms with Gasteiger partial charge in [0.2, 0.25) is 10.0 Å². The van der Waals surface area contributed by atoms with Crippen molar-refractivity contribution in [2.45, 2.75) is 19.3 Å². The predicted molar refractivity (Wildman–Crippen MR) is 97.4 cm³/mol. The van der Waals surface area contributed by atoms with Crippen molar-refractivity contribution in [1.29, 1.82) is 0 Å². The first kappa shape index (κ1) is 19.0. The maximum Gasteiger partial charge on any atom is 0.251 e. The van der Waals surface area contributed by atoms with Crippen LogP contribution in [0.3, 0.4) is 0 Å². The van der Waals surface area contributed by atoms with E-state index >= 15 is 0 Å². The highest BCUT2D eigenvalue weighted by Crippen LogP contribution is 2.24. The van der Waals surface area contributed by atoms with E-state index in [9.17, 15) is 13.2 Å². The molecule has 1 unspecified atom stereocenters. The third-order valence-corrected chi connectivity index (χ3v) is 6.37. The zero-order valence-electron chi connectivity index (χ0n) is 13.5. The van der Waals surface area contributed by atoms with E-state index < -0.39 is 10.0 Å². The number of hydrogen-bond acceptors (Lipinski definition) is 4. The highest BCUT2D eigenvalue weighted by atomic mass is 35.5. The summed E-state index contributed by atoms with van der Waals surface area (Å²) in [5.41, 5.74) is 1.09. The number of halogens is 1. The summed E-state index contributed by atoms with van der Waals surface area (Å²) in [4.78, 5) is 12.3. The number of anilines is 1. The smallest absolute Gasteiger partial charge is 0.251 e. The third-order valence-electron chi connectivity index (χ3n) is 4.50. The SMILES string of the molecule is Cl.O=C(NCCC1CCNC1)c1cccc(N2CCCS2(=O)=O)c1. The van der Waals surface area contributed by atoms with Gasteiger partial charge in [-0.05, 0) is 56.5 Å². The standard InChI is InChI=1S/C16H23N3O3S.ClH/c20-16(18-8-6-13-5-7-17-12-13)14-3-1-4-15(11-14)19-9-2-10-23(19,21)22;/h1,3-4,11,13,17H,2,5-10,12H2,(H,18,20);1H. The van der Waals surface area contributed by atoms with E-state index in [4.69, 9.17) is 0 Å². The summed E-state index contributed by atoms with van der Waals surface area (Å²) in [6.45, 7) is 3.22. The summed E-state index contributed by atoms with van der Waals surface area (Å²) < 4.78 is 25.4. The first-order valence-corrected chi connectivity index (χ1v) is 9.76. The van der Waals surface area contributed by atoms with Crippen LogP contribution in [0.5, 0.6) is 0 Å². The van der Waals surface area contributed by atoms with Gasteiger partial charge in [-0.3, -0.25) is 9.10 Å². The van der Waals surface area contributed by atoms with Crippen molar-refractivity contribution in [2.24, 2.45) is 5.92 Å². The summed E-state index contributed by atoms with van der Waals surface area (Å²) >= 11 is 0. The monoisotopic (exact) mass is 373 g/mol. The molecule has 2 fully saturated rings. The molecule has 2 heterocycles. The molecule has 1 atom stereocenters. The Balaban J connectivity index is 0.00000208. The minimum absolute atomic E-state index is 0. The van der Waals surface area contributed by atoms with E-state index in [0.717, 1.165) is 25.9 Å². The number of benzene rings is 1. The van der Waals surface area contributed by atoms with Crippen LogP contribution in [-0.4, -0.2) is 46.3 Å². The molecule has 2 aliphatic rings. The Hall–Kier alpha value is -1.31. The molecule has 134 valence electrons. The number of carbonyl (C=O) groups excluding carboxylic acids is 1. The maximum atomic E-state index is 12.3. The number of nitrogens with one attached hydrogen (secondary N) is 2. The van der Waals surface area contributed by atoms with Gasteiger partial charge in [-0.1, -0.05) is 6.07 Å². The average Bonchev–Trinajstić information content (AvgIpc) is 3.16. The normalized spacial score (nSPS) is 22.2. The van der Waals surface area contributed by atoms with Crippen molar-refractivity contribution in [3.8, 4) is 0 Å². The van der Waals surface area contributed by atoms with Crippen LogP contribution in [0.1, 0.15) is 29.6 Å². The Morgan fingerprint density at radius 1 is 1.38 bits per heavy atom. The van der Waals surface area contributed by atoms with Crippen LogP contribution < -0.4 is 14.9 Å². The minimum Gasteiger partial charge on any atom is -0.352 e. The topological polar surface area (TPSA) is 78.5 Å². The summed E-state index contributed by atoms with van der Waals surface area (Å²) in [7, 11) is -3.22. The number of rotatable bonds is 5. The third kappa shape index (κ3) is 4.40. The molecular weight excluding hydrogens is 350 g/mol. The van der Waals surface area contributed by atoms with Gasteiger partial charge in [-0.15, -0.1) is 12.4 Å². The van der Waals surface area contributed by atoms with Gasteiger partial charge in [0.25, 0.3) is 5.91 Å². The largest absolute Gasteiger partial charge is 0.352 e. The summed E-state index contributed by atoms with van der Waals surface area (Å²) in [5.74, 6) is 0.671. The number of amides is 1. The van der Waals surface area contributed by atoms with Crippen LogP contribution in [0.25, 0.3) is 0 Å². The lowest BCUT2D eigenvalue weighted by atomic mass is 10.1. The molecular formula is C16H24ClN3O3S. The fourth-order valence-electron chi connectivity index (χ4n) is 3.18. The molecule has 3 rings (SSSR count). The summed E-state index contributed by atoms with van der Waals surface area (Å²) in [6.07, 6.45) is 2.77. The summed E-state index contributed by atoms with van der Waals surface area (Å²) in [5, 5.41) is 6.24. The van der Waals surface area contributed by atoms with E-state index in [0.29, 0.717) is 36.7 Å². The molecule has 2 aliphatic heterocycles. The van der Waals surface area contributed by atoms with E-state index in [-0.39, 0.29) is 24.1 Å². The van der Waals surface area contributed by atoms with Gasteiger partial charge in [0.15, 0.2) is 0 Å². The van der Waals surface area contributed by atoms with Crippen LogP contribution in [0, 0.1) is 5.92 Å². The van der Waals surface area contributed by atoms with Crippen molar-refractivity contribution in [1.82, 2.24) is 10.6 Å². The van der Waals surface area contributed by atoms with Crippen LogP contribution in [0.2, 0.25) is 0 Å². The number of nitrogens with zero attached hydrogens (tertiary/aromatic N) is 1. The molecule has 1 aromatic carbocycles. The molecule has 0 spiro atoms. The molecule has 1 aromatic rings. The molecule has 0 bridgehead atoms. The predicted octanol–water partition coefficient (Wildman–Crippen LogP) is 1.38. The molecule has 1 amide bonds. The van der Waals surface area contributed by atoms with E-state index in [1.165, 1.54) is 4.31 Å². The van der Waals surface area contributed by atoms with Crippen molar-refractivity contribution in [3.63, 3.8) is 0 Å². The highest BCUT2D eigenvalue weighted by molar-refractivity contribution is 7.93. The first-order chi connectivity index (χ1) is 11.1. The van der Waals surface area contributed by atoms with Gasteiger partial charge in [-0.25, -0.2) is 8.42 Å². The van der Waals surface area contributed by atoms with Crippen LogP contribution >= 0.6 is 12.4 Å². The fraction of sp³-hybridized carbons (Fsp3) is 0.562. The van der Waals surface area contributed by atoms with Gasteiger partial charge in [-0.2, -0.15) is 0 Å². The van der Waals surface area contributed by atoms with Gasteiger partial charge in [0.05, 0.1) is 11.4 Å². The van der Waals surface area contributed by atoms with E-state index in [1.54, 1.807) is 24.3 Å². The minimum atomic E-state index is -3.22. The van der Waals surface area contributed by atoms with Gasteiger partial charge < -0.3 is 10.6 Å². The van der Waals surface area contributed by atoms with Crippen LogP contribution in [0.15, 0.2) is 24.3 Å². The van der Waals surface area contributed by atoms with Crippen molar-refractivity contribution in [3.05, 3.63) is 29.8 Å². The van der Waals surface area contributed by atoms with Crippen LogP contribution in [-0.2, 0) is 10.0 Å². The molecule has 6 nitrogen and oxygen atoms in total. The van der Waals surface area contributed by atoms with Gasteiger partial charge >= 0.3 is 0 Å². The lowest BCUT2D eigenvalue weighted by molar-refractivity contribution is 0.0951. The summed E-state index contributed by atoms with van der Waals surface area (Å²) in [6, 6.07) is 6.86. The second-order valence-electron chi connectivity index (χ2n) is 6.20. The highest BCUT2D eigenvalue weighted by Gasteiger charge is 2.28. The quantitative estimate of drug-likeness (QED) is 0.817. The van der Waals surface area contributed by atoms with Gasteiger partial charge in [0.1, 0.15) is 0 Å². The Bertz CT molecular complexity index is 675. The molecule has 0 aromatic heterocycles. The van der Waals surface area contributed by atoms with E-state index in [2.05, 4.69) is 10.6 Å². The molecule has 0 aliphatic carbocycles. The fourth-order valence-corrected chi connectivity index (χ4v) is 4.74. The molecule has 2 N–H and O–H groups in total. The van der Waals surface area contributed by atoms with Crippen molar-refractivity contribution in [2.75, 3.05) is 36.2 Å². The lowest BCUT2D eigenvalue weighted by Crippen LogP contribution is -2.28. The Morgan fingerprint density at radius 2 is 2.21 bits per heavy atom. The second kappa shape index (κ2) is 8.18. The maximum absolute atomic E-state index is 12.3. The second-order valence-corrected chi connectivity index (χ2v) is 8.21. The Labute approximate surface area is 149 Å². The molecule has 0 radical (unpaired) electrons. The lowest BCUT2D eigenvalue weighted by Gasteiger charge is -2.17. The number of hydrogen-bond donors (Lipinski definition) is 2. The Kier molecular flexibility index (Phi) is 6.48. The molecule has 0 saturated carbocycles. The van der Waals surface area contributed by atoms with Crippen molar-refractivity contribution >= 4 is 34.0 Å². The van der Waals surface area contributed by atoms with E-state index in [1.807, 2.05) is 0 Å². The molecule has 24 heavy (non-hydrogen) atoms.